The van der Waals surface area contributed by atoms with Crippen LogP contribution in [0.2, 0.25) is 0 Å². The first kappa shape index (κ1) is 11.9. The van der Waals surface area contributed by atoms with E-state index in [0.29, 0.717) is 28.3 Å². The summed E-state index contributed by atoms with van der Waals surface area (Å²) >= 11 is 0. The van der Waals surface area contributed by atoms with Crippen LogP contribution in [-0.2, 0) is 0 Å². The van der Waals surface area contributed by atoms with Crippen molar-refractivity contribution in [2.75, 3.05) is 14.2 Å². The molecule has 90 valence electrons. The number of aromatic nitrogens is 1. The first-order chi connectivity index (χ1) is 8.81. The number of methoxy groups -OCH3 is 2. The highest BCUT2D eigenvalue weighted by molar-refractivity contribution is 5.78. The van der Waals surface area contributed by atoms with Crippen LogP contribution in [0.1, 0.15) is 5.56 Å². The maximum absolute atomic E-state index is 9.14. The monoisotopic (exact) mass is 240 g/mol. The number of hydrogen-bond acceptors (Lipinski definition) is 4. The lowest BCUT2D eigenvalue weighted by Gasteiger charge is -2.13. The van der Waals surface area contributed by atoms with Gasteiger partial charge < -0.3 is 9.47 Å². The van der Waals surface area contributed by atoms with Crippen LogP contribution in [0.4, 0.5) is 0 Å². The highest BCUT2D eigenvalue weighted by Crippen LogP contribution is 2.38. The first-order valence-corrected chi connectivity index (χ1v) is 5.38. The standard InChI is InChI=1S/C14H12N2O2/c1-17-11-6-3-7-12(18-2)13(11)14-10(9-15)5-4-8-16-14/h3-8H,1-2H3. The summed E-state index contributed by atoms with van der Waals surface area (Å²) in [7, 11) is 3.15. The van der Waals surface area contributed by atoms with Crippen molar-refractivity contribution in [1.82, 2.24) is 4.98 Å². The fraction of sp³-hybridized carbons (Fsp3) is 0.143. The fourth-order valence-corrected chi connectivity index (χ4v) is 1.78. The summed E-state index contributed by atoms with van der Waals surface area (Å²) in [4.78, 5) is 4.25. The molecule has 2 aromatic rings. The molecule has 4 heteroatoms. The van der Waals surface area contributed by atoms with Crippen LogP contribution in [0.25, 0.3) is 11.3 Å². The van der Waals surface area contributed by atoms with E-state index in [0.717, 1.165) is 0 Å². The average molecular weight is 240 g/mol. The van der Waals surface area contributed by atoms with Crippen molar-refractivity contribution >= 4 is 0 Å². The molecule has 0 N–H and O–H groups in total. The summed E-state index contributed by atoms with van der Waals surface area (Å²) in [5.74, 6) is 1.26. The van der Waals surface area contributed by atoms with E-state index < -0.39 is 0 Å². The van der Waals surface area contributed by atoms with Crippen LogP contribution in [0.3, 0.4) is 0 Å². The Kier molecular flexibility index (Phi) is 3.44. The van der Waals surface area contributed by atoms with E-state index in [2.05, 4.69) is 11.1 Å². The minimum absolute atomic E-state index is 0.486. The third kappa shape index (κ3) is 1.98. The predicted molar refractivity (Wildman–Crippen MR) is 67.5 cm³/mol. The van der Waals surface area contributed by atoms with Crippen LogP contribution in [0, 0.1) is 11.3 Å². The smallest absolute Gasteiger partial charge is 0.132 e. The molecule has 0 aliphatic rings. The van der Waals surface area contributed by atoms with E-state index >= 15 is 0 Å². The Bertz CT molecular complexity index is 581. The quantitative estimate of drug-likeness (QED) is 0.827. The molecule has 0 bridgehead atoms. The second-order valence-electron chi connectivity index (χ2n) is 3.55. The minimum atomic E-state index is 0.486. The number of nitrogens with zero attached hydrogens (tertiary/aromatic N) is 2. The molecule has 1 heterocycles. The summed E-state index contributed by atoms with van der Waals surface area (Å²) in [6.45, 7) is 0. The van der Waals surface area contributed by atoms with Gasteiger partial charge in [-0.05, 0) is 24.3 Å². The van der Waals surface area contributed by atoms with Gasteiger partial charge in [0.1, 0.15) is 17.6 Å². The van der Waals surface area contributed by atoms with Crippen molar-refractivity contribution in [1.29, 1.82) is 5.26 Å². The molecule has 1 aromatic carbocycles. The molecule has 0 fully saturated rings. The zero-order valence-electron chi connectivity index (χ0n) is 10.2. The van der Waals surface area contributed by atoms with Crippen LogP contribution in [0.5, 0.6) is 11.5 Å². The molecule has 0 saturated heterocycles. The maximum atomic E-state index is 9.14. The molecular formula is C14H12N2O2. The second kappa shape index (κ2) is 5.19. The lowest BCUT2D eigenvalue weighted by Crippen LogP contribution is -1.96. The molecule has 0 radical (unpaired) electrons. The Morgan fingerprint density at radius 1 is 1.06 bits per heavy atom. The zero-order chi connectivity index (χ0) is 13.0. The van der Waals surface area contributed by atoms with E-state index in [1.54, 1.807) is 32.5 Å². The van der Waals surface area contributed by atoms with Crippen molar-refractivity contribution in [3.8, 4) is 28.8 Å². The van der Waals surface area contributed by atoms with Gasteiger partial charge >= 0.3 is 0 Å². The van der Waals surface area contributed by atoms with Crippen molar-refractivity contribution in [2.45, 2.75) is 0 Å². The second-order valence-corrected chi connectivity index (χ2v) is 3.55. The van der Waals surface area contributed by atoms with Gasteiger partial charge in [-0.3, -0.25) is 4.98 Å². The number of ether oxygens (including phenoxy) is 2. The number of pyridine rings is 1. The maximum Gasteiger partial charge on any atom is 0.132 e. The van der Waals surface area contributed by atoms with Gasteiger partial charge in [-0.1, -0.05) is 6.07 Å². The Morgan fingerprint density at radius 3 is 2.28 bits per heavy atom. The molecule has 0 unspecified atom stereocenters. The molecule has 1 aromatic heterocycles. The number of hydrogen-bond donors (Lipinski definition) is 0. The summed E-state index contributed by atoms with van der Waals surface area (Å²) in [6.07, 6.45) is 1.64. The Morgan fingerprint density at radius 2 is 1.72 bits per heavy atom. The Hall–Kier alpha value is -2.54. The lowest BCUT2D eigenvalue weighted by molar-refractivity contribution is 0.397. The van der Waals surface area contributed by atoms with Crippen LogP contribution >= 0.6 is 0 Å². The van der Waals surface area contributed by atoms with Crippen molar-refractivity contribution in [2.24, 2.45) is 0 Å². The molecular weight excluding hydrogens is 228 g/mol. The molecule has 4 nitrogen and oxygen atoms in total. The van der Waals surface area contributed by atoms with E-state index in [-0.39, 0.29) is 0 Å². The number of nitriles is 1. The molecule has 0 spiro atoms. The number of rotatable bonds is 3. The van der Waals surface area contributed by atoms with Crippen LogP contribution in [-0.4, -0.2) is 19.2 Å². The third-order valence-electron chi connectivity index (χ3n) is 2.59. The molecule has 0 atom stereocenters. The van der Waals surface area contributed by atoms with Gasteiger partial charge in [0, 0.05) is 6.20 Å². The Labute approximate surface area is 105 Å². The fourth-order valence-electron chi connectivity index (χ4n) is 1.78. The largest absolute Gasteiger partial charge is 0.496 e. The normalized spacial score (nSPS) is 9.61. The Balaban J connectivity index is 2.74. The zero-order valence-corrected chi connectivity index (χ0v) is 10.2. The summed E-state index contributed by atoms with van der Waals surface area (Å²) in [5.41, 5.74) is 1.74. The van der Waals surface area contributed by atoms with Gasteiger partial charge in [-0.2, -0.15) is 5.26 Å². The van der Waals surface area contributed by atoms with E-state index in [4.69, 9.17) is 14.7 Å². The molecule has 0 amide bonds. The molecule has 0 saturated carbocycles. The average Bonchev–Trinajstić information content (AvgIpc) is 2.46. The summed E-state index contributed by atoms with van der Waals surface area (Å²) in [6, 6.07) is 11.0. The lowest BCUT2D eigenvalue weighted by atomic mass is 10.0. The van der Waals surface area contributed by atoms with Crippen LogP contribution < -0.4 is 9.47 Å². The van der Waals surface area contributed by atoms with Crippen molar-refractivity contribution in [3.63, 3.8) is 0 Å². The SMILES string of the molecule is COc1cccc(OC)c1-c1ncccc1C#N. The van der Waals surface area contributed by atoms with E-state index in [9.17, 15) is 0 Å². The summed E-state index contributed by atoms with van der Waals surface area (Å²) < 4.78 is 10.6. The number of benzene rings is 1. The highest BCUT2D eigenvalue weighted by atomic mass is 16.5. The van der Waals surface area contributed by atoms with Gasteiger partial charge in [0.25, 0.3) is 0 Å². The minimum Gasteiger partial charge on any atom is -0.496 e. The highest BCUT2D eigenvalue weighted by Gasteiger charge is 2.16. The topological polar surface area (TPSA) is 55.1 Å². The van der Waals surface area contributed by atoms with Crippen LogP contribution in [0.15, 0.2) is 36.5 Å². The van der Waals surface area contributed by atoms with E-state index in [1.807, 2.05) is 18.2 Å². The first-order valence-electron chi connectivity index (χ1n) is 5.38. The molecule has 18 heavy (non-hydrogen) atoms. The van der Waals surface area contributed by atoms with Gasteiger partial charge in [0.15, 0.2) is 0 Å². The van der Waals surface area contributed by atoms with Gasteiger partial charge in [-0.25, -0.2) is 0 Å². The van der Waals surface area contributed by atoms with Crippen molar-refractivity contribution in [3.05, 3.63) is 42.1 Å². The summed E-state index contributed by atoms with van der Waals surface area (Å²) in [5, 5.41) is 9.14. The predicted octanol–water partition coefficient (Wildman–Crippen LogP) is 2.64. The molecule has 0 aliphatic heterocycles. The molecule has 0 aliphatic carbocycles. The van der Waals surface area contributed by atoms with E-state index in [1.165, 1.54) is 0 Å². The van der Waals surface area contributed by atoms with Gasteiger partial charge in [0.2, 0.25) is 0 Å². The van der Waals surface area contributed by atoms with Gasteiger partial charge in [-0.15, -0.1) is 0 Å². The van der Waals surface area contributed by atoms with Gasteiger partial charge in [0.05, 0.1) is 31.0 Å². The van der Waals surface area contributed by atoms with Crippen molar-refractivity contribution < 1.29 is 9.47 Å². The third-order valence-corrected chi connectivity index (χ3v) is 2.59. The molecule has 2 rings (SSSR count).